The monoisotopic (exact) mass is 282 g/mol. The molecule has 110 valence electrons. The number of hydrogen-bond acceptors (Lipinski definition) is 2. The van der Waals surface area contributed by atoms with Crippen molar-refractivity contribution in [3.8, 4) is 0 Å². The molecule has 0 unspecified atom stereocenters. The second-order valence-corrected chi connectivity index (χ2v) is 6.42. The lowest BCUT2D eigenvalue weighted by Crippen LogP contribution is -2.35. The van der Waals surface area contributed by atoms with Gasteiger partial charge in [0.15, 0.2) is 0 Å². The molecule has 0 heterocycles. The maximum atomic E-state index is 5.94. The molecule has 0 N–H and O–H groups in total. The number of allylic oxidation sites excluding steroid dienone is 2. The molecule has 0 spiro atoms. The predicted octanol–water partition coefficient (Wildman–Crippen LogP) is 4.36. The van der Waals surface area contributed by atoms with Crippen molar-refractivity contribution in [3.63, 3.8) is 0 Å². The van der Waals surface area contributed by atoms with Gasteiger partial charge in [0.1, 0.15) is 12.2 Å². The summed E-state index contributed by atoms with van der Waals surface area (Å²) < 4.78 is 11.9. The lowest BCUT2D eigenvalue weighted by Gasteiger charge is -2.47. The molecular formula is C19H22O2. The van der Waals surface area contributed by atoms with Gasteiger partial charge in [-0.1, -0.05) is 35.9 Å². The third-order valence-corrected chi connectivity index (χ3v) is 5.49. The molecule has 0 aromatic heterocycles. The second kappa shape index (κ2) is 4.82. The Morgan fingerprint density at radius 1 is 0.905 bits per heavy atom. The van der Waals surface area contributed by atoms with Crippen LogP contribution in [0.3, 0.4) is 0 Å². The summed E-state index contributed by atoms with van der Waals surface area (Å²) in [6.07, 6.45) is 5.15. The molecule has 5 rings (SSSR count). The molecule has 1 aromatic rings. The van der Waals surface area contributed by atoms with E-state index in [2.05, 4.69) is 37.3 Å². The molecule has 2 bridgehead atoms. The molecule has 0 aliphatic heterocycles. The van der Waals surface area contributed by atoms with Crippen LogP contribution in [-0.4, -0.2) is 14.2 Å². The Kier molecular flexibility index (Phi) is 3.05. The fraction of sp³-hybridized carbons (Fsp3) is 0.474. The van der Waals surface area contributed by atoms with E-state index in [4.69, 9.17) is 9.47 Å². The van der Waals surface area contributed by atoms with Crippen LogP contribution in [-0.2, 0) is 9.47 Å². The Morgan fingerprint density at radius 2 is 1.52 bits per heavy atom. The van der Waals surface area contributed by atoms with Gasteiger partial charge in [0.2, 0.25) is 0 Å². The van der Waals surface area contributed by atoms with Crippen molar-refractivity contribution in [2.45, 2.75) is 32.0 Å². The van der Waals surface area contributed by atoms with Crippen molar-refractivity contribution in [2.24, 2.45) is 11.8 Å². The average molecular weight is 282 g/mol. The summed E-state index contributed by atoms with van der Waals surface area (Å²) in [4.78, 5) is 0. The smallest absolute Gasteiger partial charge is 0.105 e. The van der Waals surface area contributed by atoms with Crippen LogP contribution in [0.2, 0.25) is 0 Å². The Morgan fingerprint density at radius 3 is 2.10 bits per heavy atom. The van der Waals surface area contributed by atoms with E-state index in [0.717, 1.165) is 0 Å². The molecule has 0 amide bonds. The highest BCUT2D eigenvalue weighted by Crippen LogP contribution is 2.57. The highest BCUT2D eigenvalue weighted by molar-refractivity contribution is 5.53. The van der Waals surface area contributed by atoms with Crippen LogP contribution in [0, 0.1) is 11.8 Å². The molecule has 0 saturated heterocycles. The molecule has 0 saturated carbocycles. The Bertz CT molecular complexity index is 641. The van der Waals surface area contributed by atoms with Crippen molar-refractivity contribution >= 4 is 0 Å². The van der Waals surface area contributed by atoms with Crippen molar-refractivity contribution in [1.82, 2.24) is 0 Å². The largest absolute Gasteiger partial charge is 0.372 e. The number of benzene rings is 1. The predicted molar refractivity (Wildman–Crippen MR) is 82.9 cm³/mol. The molecule has 0 radical (unpaired) electrons. The Balaban J connectivity index is 1.94. The van der Waals surface area contributed by atoms with Gasteiger partial charge in [0.05, 0.1) is 0 Å². The minimum Gasteiger partial charge on any atom is -0.372 e. The van der Waals surface area contributed by atoms with Crippen LogP contribution in [0.1, 0.15) is 43.1 Å². The van der Waals surface area contributed by atoms with Crippen molar-refractivity contribution in [1.29, 1.82) is 0 Å². The molecule has 4 aliphatic rings. The van der Waals surface area contributed by atoms with E-state index in [1.54, 1.807) is 0 Å². The summed E-state index contributed by atoms with van der Waals surface area (Å²) in [6.45, 7) is 2.27. The fourth-order valence-corrected chi connectivity index (χ4v) is 4.66. The third kappa shape index (κ3) is 1.72. The van der Waals surface area contributed by atoms with Gasteiger partial charge in [-0.2, -0.15) is 0 Å². The summed E-state index contributed by atoms with van der Waals surface area (Å²) in [5.74, 6) is 1.07. The van der Waals surface area contributed by atoms with E-state index in [1.807, 2.05) is 14.2 Å². The van der Waals surface area contributed by atoms with Crippen molar-refractivity contribution in [3.05, 3.63) is 58.2 Å². The van der Waals surface area contributed by atoms with Gasteiger partial charge in [-0.25, -0.2) is 0 Å². The highest BCUT2D eigenvalue weighted by atomic mass is 16.5. The van der Waals surface area contributed by atoms with Crippen LogP contribution in [0.4, 0.5) is 0 Å². The van der Waals surface area contributed by atoms with Crippen LogP contribution < -0.4 is 0 Å². The lowest BCUT2D eigenvalue weighted by molar-refractivity contribution is 0.0764. The van der Waals surface area contributed by atoms with Crippen LogP contribution >= 0.6 is 0 Å². The summed E-state index contributed by atoms with van der Waals surface area (Å²) in [5.41, 5.74) is 7.04. The first-order valence-corrected chi connectivity index (χ1v) is 7.82. The number of hydrogen-bond donors (Lipinski definition) is 0. The van der Waals surface area contributed by atoms with Gasteiger partial charge in [0, 0.05) is 26.1 Å². The molecule has 4 aliphatic carbocycles. The lowest BCUT2D eigenvalue weighted by atomic mass is 9.61. The van der Waals surface area contributed by atoms with Crippen LogP contribution in [0.5, 0.6) is 0 Å². The molecule has 21 heavy (non-hydrogen) atoms. The van der Waals surface area contributed by atoms with Crippen molar-refractivity contribution in [2.75, 3.05) is 14.2 Å². The zero-order valence-corrected chi connectivity index (χ0v) is 12.9. The normalized spacial score (nSPS) is 33.6. The molecule has 2 heteroatoms. The quantitative estimate of drug-likeness (QED) is 0.750. The van der Waals surface area contributed by atoms with Crippen LogP contribution in [0.15, 0.2) is 47.1 Å². The standard InChI is InChI=1S/C19H22O2/c1-11-10-12-8-9-13(11)17-16(12)18(20-2)14-6-4-5-7-15(14)19(17)21-3/h4-7,10,12-13,18-19H,8-9H2,1-3H3/t12-,13-,18-,19-/m0/s1. The van der Waals surface area contributed by atoms with E-state index < -0.39 is 0 Å². The van der Waals surface area contributed by atoms with Crippen LogP contribution in [0.25, 0.3) is 0 Å². The summed E-state index contributed by atoms with van der Waals surface area (Å²) in [5, 5.41) is 0. The molecule has 4 atom stereocenters. The maximum absolute atomic E-state index is 5.94. The Hall–Kier alpha value is -1.38. The first-order valence-electron chi connectivity index (χ1n) is 7.82. The fourth-order valence-electron chi connectivity index (χ4n) is 4.66. The second-order valence-electron chi connectivity index (χ2n) is 6.42. The highest BCUT2D eigenvalue weighted by Gasteiger charge is 2.45. The van der Waals surface area contributed by atoms with Gasteiger partial charge < -0.3 is 9.47 Å². The third-order valence-electron chi connectivity index (χ3n) is 5.49. The van der Waals surface area contributed by atoms with E-state index in [9.17, 15) is 0 Å². The van der Waals surface area contributed by atoms with E-state index >= 15 is 0 Å². The average Bonchev–Trinajstić information content (AvgIpc) is 2.52. The molecular weight excluding hydrogens is 260 g/mol. The van der Waals surface area contributed by atoms with E-state index in [0.29, 0.717) is 11.8 Å². The minimum absolute atomic E-state index is 0.0963. The summed E-state index contributed by atoms with van der Waals surface area (Å²) >= 11 is 0. The molecule has 0 fully saturated rings. The van der Waals surface area contributed by atoms with Gasteiger partial charge in [0.25, 0.3) is 0 Å². The first kappa shape index (κ1) is 13.3. The first-order chi connectivity index (χ1) is 10.3. The SMILES string of the molecule is CO[C@@H]1C2=C([C@@H]3C=C(C)[C@@H]2CC3)[C@@H](OC)c2ccccc21. The topological polar surface area (TPSA) is 18.5 Å². The molecule has 1 aromatic carbocycles. The van der Waals surface area contributed by atoms with Crippen molar-refractivity contribution < 1.29 is 9.47 Å². The zero-order chi connectivity index (χ0) is 14.6. The van der Waals surface area contributed by atoms with Gasteiger partial charge in [-0.15, -0.1) is 0 Å². The number of methoxy groups -OCH3 is 2. The minimum atomic E-state index is 0.0963. The summed E-state index contributed by atoms with van der Waals surface area (Å²) in [7, 11) is 3.67. The Labute approximate surface area is 126 Å². The van der Waals surface area contributed by atoms with E-state index in [1.165, 1.54) is 40.7 Å². The van der Waals surface area contributed by atoms with Gasteiger partial charge in [-0.05, 0) is 42.0 Å². The maximum Gasteiger partial charge on any atom is 0.105 e. The van der Waals surface area contributed by atoms with Gasteiger partial charge >= 0.3 is 0 Å². The summed E-state index contributed by atoms with van der Waals surface area (Å²) in [6, 6.07) is 8.59. The van der Waals surface area contributed by atoms with E-state index in [-0.39, 0.29) is 12.2 Å². The zero-order valence-electron chi connectivity index (χ0n) is 12.9. The number of rotatable bonds is 2. The number of ether oxygens (including phenoxy) is 2. The molecule has 2 nitrogen and oxygen atoms in total. The van der Waals surface area contributed by atoms with Gasteiger partial charge in [-0.3, -0.25) is 0 Å². The number of fused-ring (bicyclic) bond motifs is 2.